The van der Waals surface area contributed by atoms with Gasteiger partial charge in [0.1, 0.15) is 12.4 Å². The van der Waals surface area contributed by atoms with Crippen LogP contribution in [0.25, 0.3) is 0 Å². The van der Waals surface area contributed by atoms with Crippen molar-refractivity contribution in [2.75, 3.05) is 5.32 Å². The highest BCUT2D eigenvalue weighted by Crippen LogP contribution is 2.21. The first-order valence-corrected chi connectivity index (χ1v) is 4.72. The molecule has 2 rings (SSSR count). The van der Waals surface area contributed by atoms with Crippen molar-refractivity contribution >= 4 is 11.9 Å². The Kier molecular flexibility index (Phi) is 2.67. The van der Waals surface area contributed by atoms with Crippen LogP contribution in [0.3, 0.4) is 0 Å². The largest absolute Gasteiger partial charge is 0.446 e. The fourth-order valence-corrected chi connectivity index (χ4v) is 1.57. The molecule has 1 aromatic rings. The van der Waals surface area contributed by atoms with E-state index in [2.05, 4.69) is 15.0 Å². The highest BCUT2D eigenvalue weighted by atomic mass is 16.6. The zero-order valence-electron chi connectivity index (χ0n) is 7.73. The van der Waals surface area contributed by atoms with E-state index in [1.165, 1.54) is 6.26 Å². The van der Waals surface area contributed by atoms with Crippen molar-refractivity contribution in [1.29, 1.82) is 0 Å². The Labute approximate surface area is 81.4 Å². The van der Waals surface area contributed by atoms with Crippen LogP contribution < -0.4 is 5.32 Å². The molecular weight excluding hydrogens is 184 g/mol. The van der Waals surface area contributed by atoms with Crippen LogP contribution >= 0.6 is 0 Å². The average molecular weight is 196 g/mol. The summed E-state index contributed by atoms with van der Waals surface area (Å²) in [7, 11) is 0. The molecule has 1 aliphatic carbocycles. The number of carbonyl (C=O) groups is 1. The first-order chi connectivity index (χ1) is 6.84. The van der Waals surface area contributed by atoms with Crippen molar-refractivity contribution < 1.29 is 14.1 Å². The first-order valence-electron chi connectivity index (χ1n) is 4.72. The molecular formula is C9H12N2O3. The molecule has 0 radical (unpaired) electrons. The molecule has 1 heterocycles. The number of rotatable bonds is 2. The summed E-state index contributed by atoms with van der Waals surface area (Å²) >= 11 is 0. The maximum atomic E-state index is 11.3. The Morgan fingerprint density at radius 2 is 2.36 bits per heavy atom. The molecule has 1 saturated carbocycles. The maximum absolute atomic E-state index is 11.3. The van der Waals surface area contributed by atoms with Crippen LogP contribution in [-0.4, -0.2) is 17.4 Å². The lowest BCUT2D eigenvalue weighted by Gasteiger charge is -2.10. The molecule has 0 aliphatic heterocycles. The standard InChI is InChI=1S/C9H12N2O3/c12-9(10-8-5-6-13-11-8)14-7-3-1-2-4-7/h5-7H,1-4H2,(H,10,11,12). The third-order valence-electron chi connectivity index (χ3n) is 2.24. The van der Waals surface area contributed by atoms with E-state index in [1.54, 1.807) is 6.07 Å². The SMILES string of the molecule is O=C(Nc1ccon1)OC1CCCC1. The summed E-state index contributed by atoms with van der Waals surface area (Å²) in [6.07, 6.45) is 5.22. The normalized spacial score (nSPS) is 16.9. The summed E-state index contributed by atoms with van der Waals surface area (Å²) in [5, 5.41) is 6.03. The number of anilines is 1. The second-order valence-corrected chi connectivity index (χ2v) is 3.32. The van der Waals surface area contributed by atoms with Crippen molar-refractivity contribution in [3.8, 4) is 0 Å². The van der Waals surface area contributed by atoms with Gasteiger partial charge in [-0.05, 0) is 25.7 Å². The van der Waals surface area contributed by atoms with Gasteiger partial charge in [0.15, 0.2) is 5.82 Å². The van der Waals surface area contributed by atoms with Gasteiger partial charge in [0.25, 0.3) is 0 Å². The number of ether oxygens (including phenoxy) is 1. The monoisotopic (exact) mass is 196 g/mol. The van der Waals surface area contributed by atoms with Gasteiger partial charge in [-0.1, -0.05) is 5.16 Å². The van der Waals surface area contributed by atoms with Crippen molar-refractivity contribution in [1.82, 2.24) is 5.16 Å². The van der Waals surface area contributed by atoms with Gasteiger partial charge in [-0.15, -0.1) is 0 Å². The minimum Gasteiger partial charge on any atom is -0.446 e. The lowest BCUT2D eigenvalue weighted by molar-refractivity contribution is 0.114. The number of carbonyl (C=O) groups excluding carboxylic acids is 1. The molecule has 1 fully saturated rings. The smallest absolute Gasteiger partial charge is 0.413 e. The van der Waals surface area contributed by atoms with Gasteiger partial charge >= 0.3 is 6.09 Å². The van der Waals surface area contributed by atoms with Gasteiger partial charge in [-0.25, -0.2) is 4.79 Å². The summed E-state index contributed by atoms with van der Waals surface area (Å²) < 4.78 is 9.72. The Morgan fingerprint density at radius 3 is 3.00 bits per heavy atom. The minimum atomic E-state index is -0.453. The van der Waals surface area contributed by atoms with E-state index in [9.17, 15) is 4.79 Å². The van der Waals surface area contributed by atoms with Gasteiger partial charge in [0.05, 0.1) is 0 Å². The summed E-state index contributed by atoms with van der Waals surface area (Å²) in [6, 6.07) is 1.57. The lowest BCUT2D eigenvalue weighted by atomic mass is 10.3. The zero-order valence-corrected chi connectivity index (χ0v) is 7.73. The molecule has 0 spiro atoms. The second-order valence-electron chi connectivity index (χ2n) is 3.32. The van der Waals surface area contributed by atoms with Crippen LogP contribution in [0.5, 0.6) is 0 Å². The molecule has 0 atom stereocenters. The summed E-state index contributed by atoms with van der Waals surface area (Å²) in [6.45, 7) is 0. The van der Waals surface area contributed by atoms with E-state index in [1.807, 2.05) is 0 Å². The van der Waals surface area contributed by atoms with Crippen molar-refractivity contribution in [3.63, 3.8) is 0 Å². The second kappa shape index (κ2) is 4.13. The topological polar surface area (TPSA) is 64.4 Å². The molecule has 76 valence electrons. The average Bonchev–Trinajstić information content (AvgIpc) is 2.76. The molecule has 5 heteroatoms. The van der Waals surface area contributed by atoms with E-state index in [4.69, 9.17) is 4.74 Å². The van der Waals surface area contributed by atoms with Crippen LogP contribution in [0.15, 0.2) is 16.9 Å². The van der Waals surface area contributed by atoms with Crippen LogP contribution in [0.1, 0.15) is 25.7 Å². The highest BCUT2D eigenvalue weighted by molar-refractivity contribution is 5.83. The van der Waals surface area contributed by atoms with E-state index >= 15 is 0 Å². The molecule has 1 amide bonds. The van der Waals surface area contributed by atoms with E-state index in [0.717, 1.165) is 25.7 Å². The number of amides is 1. The van der Waals surface area contributed by atoms with Crippen LogP contribution in [-0.2, 0) is 4.74 Å². The number of nitrogens with one attached hydrogen (secondary N) is 1. The van der Waals surface area contributed by atoms with Crippen LogP contribution in [0.4, 0.5) is 10.6 Å². The molecule has 14 heavy (non-hydrogen) atoms. The van der Waals surface area contributed by atoms with Crippen molar-refractivity contribution in [2.24, 2.45) is 0 Å². The van der Waals surface area contributed by atoms with Crippen LogP contribution in [0, 0.1) is 0 Å². The summed E-state index contributed by atoms with van der Waals surface area (Å²) in [4.78, 5) is 11.3. The van der Waals surface area contributed by atoms with E-state index in [0.29, 0.717) is 5.82 Å². The molecule has 0 bridgehead atoms. The molecule has 1 aromatic heterocycles. The van der Waals surface area contributed by atoms with E-state index < -0.39 is 6.09 Å². The molecule has 5 nitrogen and oxygen atoms in total. The predicted molar refractivity (Wildman–Crippen MR) is 48.9 cm³/mol. The van der Waals surface area contributed by atoms with Gasteiger partial charge in [-0.3, -0.25) is 5.32 Å². The maximum Gasteiger partial charge on any atom is 0.413 e. The zero-order chi connectivity index (χ0) is 9.80. The predicted octanol–water partition coefficient (Wildman–Crippen LogP) is 2.17. The third kappa shape index (κ3) is 2.25. The van der Waals surface area contributed by atoms with Crippen LogP contribution in [0.2, 0.25) is 0 Å². The van der Waals surface area contributed by atoms with Gasteiger partial charge in [-0.2, -0.15) is 0 Å². The number of hydrogen-bond donors (Lipinski definition) is 1. The quantitative estimate of drug-likeness (QED) is 0.787. The highest BCUT2D eigenvalue weighted by Gasteiger charge is 2.19. The molecule has 0 aromatic carbocycles. The Bertz CT molecular complexity index is 291. The van der Waals surface area contributed by atoms with Gasteiger partial charge in [0.2, 0.25) is 0 Å². The van der Waals surface area contributed by atoms with Crippen molar-refractivity contribution in [3.05, 3.63) is 12.3 Å². The Morgan fingerprint density at radius 1 is 1.57 bits per heavy atom. The number of hydrogen-bond acceptors (Lipinski definition) is 4. The number of nitrogens with zero attached hydrogens (tertiary/aromatic N) is 1. The molecule has 1 N–H and O–H groups in total. The number of aromatic nitrogens is 1. The summed E-state index contributed by atoms with van der Waals surface area (Å²) in [5.41, 5.74) is 0. The van der Waals surface area contributed by atoms with Crippen molar-refractivity contribution in [2.45, 2.75) is 31.8 Å². The van der Waals surface area contributed by atoms with E-state index in [-0.39, 0.29) is 6.10 Å². The summed E-state index contributed by atoms with van der Waals surface area (Å²) in [5.74, 6) is 0.382. The third-order valence-corrected chi connectivity index (χ3v) is 2.24. The molecule has 0 unspecified atom stereocenters. The molecule has 1 aliphatic rings. The first kappa shape index (κ1) is 9.05. The van der Waals surface area contributed by atoms with Gasteiger partial charge in [0, 0.05) is 6.07 Å². The minimum absolute atomic E-state index is 0.0712. The Hall–Kier alpha value is -1.52. The molecule has 0 saturated heterocycles. The Balaban J connectivity index is 1.78. The fraction of sp³-hybridized carbons (Fsp3) is 0.556. The van der Waals surface area contributed by atoms with Gasteiger partial charge < -0.3 is 9.26 Å². The lowest BCUT2D eigenvalue weighted by Crippen LogP contribution is -2.20. The fourth-order valence-electron chi connectivity index (χ4n) is 1.57.